The summed E-state index contributed by atoms with van der Waals surface area (Å²) >= 11 is 17.1. The van der Waals surface area contributed by atoms with Crippen LogP contribution in [0.5, 0.6) is 11.5 Å². The largest absolute Gasteiger partial charge is 0.469 e. The van der Waals surface area contributed by atoms with Gasteiger partial charge in [0.1, 0.15) is 11.5 Å². The molecule has 0 aromatic heterocycles. The number of nitrogens with one attached hydrogen (secondary N) is 2. The predicted octanol–water partition coefficient (Wildman–Crippen LogP) is 6.21. The van der Waals surface area contributed by atoms with E-state index in [0.717, 1.165) is 11.1 Å². The van der Waals surface area contributed by atoms with Crippen LogP contribution in [0, 0.1) is 0 Å². The summed E-state index contributed by atoms with van der Waals surface area (Å²) in [5.74, 6) is 1.09. The molecular weight excluding hydrogens is 481 g/mol. The van der Waals surface area contributed by atoms with Gasteiger partial charge in [-0.2, -0.15) is 5.10 Å². The highest BCUT2D eigenvalue weighted by Crippen LogP contribution is 2.25. The smallest absolute Gasteiger partial charge is 0.305 e. The van der Waals surface area contributed by atoms with Crippen LogP contribution in [0.4, 0.5) is 5.69 Å². The van der Waals surface area contributed by atoms with Gasteiger partial charge >= 0.3 is 5.97 Å². The number of hydrazone groups is 1. The molecule has 3 aromatic carbocycles. The van der Waals surface area contributed by atoms with Crippen molar-refractivity contribution in [2.75, 3.05) is 12.4 Å². The SMILES string of the molecule is COC(=O)CCc1cccc(Oc2cccc(C=NNC(=S)Nc3ccc(Cl)c(Cl)c3)c2)c1. The number of aryl methyl sites for hydroxylation is 1. The Balaban J connectivity index is 1.56. The number of hydrogen-bond donors (Lipinski definition) is 2. The molecular formula is C24H21Cl2N3O3S. The van der Waals surface area contributed by atoms with E-state index in [4.69, 9.17) is 40.2 Å². The van der Waals surface area contributed by atoms with Crippen molar-refractivity contribution < 1.29 is 14.3 Å². The van der Waals surface area contributed by atoms with Crippen LogP contribution < -0.4 is 15.5 Å². The van der Waals surface area contributed by atoms with E-state index in [2.05, 4.69) is 20.6 Å². The summed E-state index contributed by atoms with van der Waals surface area (Å²) in [6.45, 7) is 0. The first kappa shape index (κ1) is 24.5. The van der Waals surface area contributed by atoms with Gasteiger partial charge in [-0.15, -0.1) is 0 Å². The fourth-order valence-electron chi connectivity index (χ4n) is 2.81. The van der Waals surface area contributed by atoms with Crippen molar-refractivity contribution in [3.05, 3.63) is 87.9 Å². The maximum Gasteiger partial charge on any atom is 0.305 e. The molecule has 0 atom stereocenters. The molecule has 9 heteroatoms. The first-order valence-corrected chi connectivity index (χ1v) is 11.1. The van der Waals surface area contributed by atoms with E-state index >= 15 is 0 Å². The van der Waals surface area contributed by atoms with E-state index in [1.165, 1.54) is 7.11 Å². The van der Waals surface area contributed by atoms with Gasteiger partial charge < -0.3 is 14.8 Å². The molecule has 0 saturated carbocycles. The Labute approximate surface area is 207 Å². The van der Waals surface area contributed by atoms with Crippen LogP contribution in [0.25, 0.3) is 0 Å². The Bertz CT molecular complexity index is 1170. The summed E-state index contributed by atoms with van der Waals surface area (Å²) in [6, 6.07) is 20.2. The van der Waals surface area contributed by atoms with Crippen LogP contribution in [0.15, 0.2) is 71.8 Å². The summed E-state index contributed by atoms with van der Waals surface area (Å²) in [4.78, 5) is 11.4. The molecule has 3 aromatic rings. The van der Waals surface area contributed by atoms with E-state index < -0.39 is 0 Å². The maximum absolute atomic E-state index is 11.4. The van der Waals surface area contributed by atoms with Gasteiger partial charge in [0, 0.05) is 12.1 Å². The minimum absolute atomic E-state index is 0.242. The van der Waals surface area contributed by atoms with Crippen molar-refractivity contribution >= 4 is 58.4 Å². The molecule has 170 valence electrons. The molecule has 0 spiro atoms. The number of methoxy groups -OCH3 is 1. The number of hydrogen-bond acceptors (Lipinski definition) is 5. The van der Waals surface area contributed by atoms with Gasteiger partial charge in [0.05, 0.1) is 23.4 Å². The Morgan fingerprint density at radius 2 is 1.79 bits per heavy atom. The molecule has 2 N–H and O–H groups in total. The number of rotatable bonds is 8. The Morgan fingerprint density at radius 3 is 2.55 bits per heavy atom. The normalized spacial score (nSPS) is 10.6. The lowest BCUT2D eigenvalue weighted by atomic mass is 10.1. The van der Waals surface area contributed by atoms with Crippen molar-refractivity contribution in [1.82, 2.24) is 5.43 Å². The van der Waals surface area contributed by atoms with E-state index in [9.17, 15) is 4.79 Å². The Hall–Kier alpha value is -3.13. The monoisotopic (exact) mass is 501 g/mol. The maximum atomic E-state index is 11.4. The fraction of sp³-hybridized carbons (Fsp3) is 0.125. The molecule has 0 aliphatic carbocycles. The van der Waals surface area contributed by atoms with E-state index in [1.54, 1.807) is 24.4 Å². The number of halogens is 2. The second kappa shape index (κ2) is 12.2. The minimum atomic E-state index is -0.242. The number of esters is 1. The zero-order valence-electron chi connectivity index (χ0n) is 17.7. The highest BCUT2D eigenvalue weighted by atomic mass is 35.5. The van der Waals surface area contributed by atoms with Crippen LogP contribution in [-0.2, 0) is 16.0 Å². The number of thiocarbonyl (C=S) groups is 1. The molecule has 6 nitrogen and oxygen atoms in total. The third-order valence-electron chi connectivity index (χ3n) is 4.39. The second-order valence-electron chi connectivity index (χ2n) is 6.85. The highest BCUT2D eigenvalue weighted by molar-refractivity contribution is 7.80. The van der Waals surface area contributed by atoms with Crippen LogP contribution in [0.1, 0.15) is 17.5 Å². The zero-order chi connectivity index (χ0) is 23.6. The van der Waals surface area contributed by atoms with Crippen molar-refractivity contribution in [3.8, 4) is 11.5 Å². The number of ether oxygens (including phenoxy) is 2. The second-order valence-corrected chi connectivity index (χ2v) is 8.07. The predicted molar refractivity (Wildman–Crippen MR) is 137 cm³/mol. The molecule has 3 rings (SSSR count). The average molecular weight is 502 g/mol. The van der Waals surface area contributed by atoms with Gasteiger partial charge in [-0.1, -0.05) is 47.5 Å². The quantitative estimate of drug-likeness (QED) is 0.165. The standard InChI is InChI=1S/C24H21Cl2N3O3S/c1-31-23(30)11-8-16-4-2-6-19(12-16)32-20-7-3-5-17(13-20)15-27-29-24(33)28-18-9-10-21(25)22(26)14-18/h2-7,9-10,12-15H,8,11H2,1H3,(H2,28,29,33). The lowest BCUT2D eigenvalue weighted by Crippen LogP contribution is -2.23. The van der Waals surface area contributed by atoms with Crippen molar-refractivity contribution in [1.29, 1.82) is 0 Å². The molecule has 33 heavy (non-hydrogen) atoms. The summed E-state index contributed by atoms with van der Waals surface area (Å²) in [5.41, 5.74) is 5.26. The summed E-state index contributed by atoms with van der Waals surface area (Å²) in [5, 5.41) is 8.33. The topological polar surface area (TPSA) is 72.0 Å². The number of carbonyl (C=O) groups is 1. The van der Waals surface area contributed by atoms with Crippen LogP contribution in [-0.4, -0.2) is 24.4 Å². The first-order valence-electron chi connectivity index (χ1n) is 9.92. The van der Waals surface area contributed by atoms with Gasteiger partial charge in [-0.05, 0) is 72.2 Å². The number of benzene rings is 3. The molecule has 0 unspecified atom stereocenters. The third kappa shape index (κ3) is 8.05. The van der Waals surface area contributed by atoms with Gasteiger partial charge in [-0.3, -0.25) is 10.2 Å². The van der Waals surface area contributed by atoms with E-state index in [1.807, 2.05) is 48.5 Å². The minimum Gasteiger partial charge on any atom is -0.469 e. The Kier molecular flexibility index (Phi) is 9.06. The zero-order valence-corrected chi connectivity index (χ0v) is 20.0. The first-order chi connectivity index (χ1) is 15.9. The molecule has 0 bridgehead atoms. The van der Waals surface area contributed by atoms with Gasteiger partial charge in [0.2, 0.25) is 0 Å². The number of nitrogens with zero attached hydrogens (tertiary/aromatic N) is 1. The molecule has 0 heterocycles. The van der Waals surface area contributed by atoms with Gasteiger partial charge in [-0.25, -0.2) is 0 Å². The highest BCUT2D eigenvalue weighted by Gasteiger charge is 2.04. The van der Waals surface area contributed by atoms with Crippen LogP contribution >= 0.6 is 35.4 Å². The lowest BCUT2D eigenvalue weighted by molar-refractivity contribution is -0.140. The van der Waals surface area contributed by atoms with E-state index in [0.29, 0.717) is 45.2 Å². The number of carbonyl (C=O) groups excluding carboxylic acids is 1. The van der Waals surface area contributed by atoms with Gasteiger partial charge in [0.25, 0.3) is 0 Å². The molecule has 0 radical (unpaired) electrons. The van der Waals surface area contributed by atoms with Crippen molar-refractivity contribution in [2.24, 2.45) is 5.10 Å². The van der Waals surface area contributed by atoms with E-state index in [-0.39, 0.29) is 5.97 Å². The summed E-state index contributed by atoms with van der Waals surface area (Å²) < 4.78 is 10.6. The number of anilines is 1. The summed E-state index contributed by atoms with van der Waals surface area (Å²) in [7, 11) is 1.38. The Morgan fingerprint density at radius 1 is 1.03 bits per heavy atom. The molecule has 0 aliphatic heterocycles. The molecule has 0 fully saturated rings. The molecule has 0 amide bonds. The molecule has 0 saturated heterocycles. The van der Waals surface area contributed by atoms with Crippen molar-refractivity contribution in [3.63, 3.8) is 0 Å². The molecule has 0 aliphatic rings. The average Bonchev–Trinajstić information content (AvgIpc) is 2.80. The summed E-state index contributed by atoms with van der Waals surface area (Å²) in [6.07, 6.45) is 2.53. The van der Waals surface area contributed by atoms with Crippen molar-refractivity contribution in [2.45, 2.75) is 12.8 Å². The third-order valence-corrected chi connectivity index (χ3v) is 5.33. The van der Waals surface area contributed by atoms with Crippen LogP contribution in [0.2, 0.25) is 10.0 Å². The van der Waals surface area contributed by atoms with Gasteiger partial charge in [0.15, 0.2) is 5.11 Å². The van der Waals surface area contributed by atoms with Crippen LogP contribution in [0.3, 0.4) is 0 Å². The lowest BCUT2D eigenvalue weighted by Gasteiger charge is -2.09. The fourth-order valence-corrected chi connectivity index (χ4v) is 3.27.